The van der Waals surface area contributed by atoms with E-state index in [0.29, 0.717) is 16.8 Å². The summed E-state index contributed by atoms with van der Waals surface area (Å²) in [5.41, 5.74) is 8.77. The van der Waals surface area contributed by atoms with E-state index in [1.165, 1.54) is 6.07 Å². The van der Waals surface area contributed by atoms with Crippen molar-refractivity contribution < 1.29 is 14.4 Å². The van der Waals surface area contributed by atoms with Crippen LogP contribution in [0.5, 0.6) is 0 Å². The zero-order valence-corrected chi connectivity index (χ0v) is 10.00. The van der Waals surface area contributed by atoms with Gasteiger partial charge < -0.3 is 10.6 Å². The minimum atomic E-state index is -0.627. The Labute approximate surface area is 109 Å². The minimum Gasteiger partial charge on any atom is -0.399 e. The zero-order chi connectivity index (χ0) is 13.7. The van der Waals surface area contributed by atoms with E-state index in [0.717, 1.165) is 0 Å². The van der Waals surface area contributed by atoms with Crippen molar-refractivity contribution in [2.75, 3.05) is 5.73 Å². The van der Waals surface area contributed by atoms with Crippen LogP contribution in [0.2, 0.25) is 0 Å². The molecule has 0 saturated carbocycles. The van der Waals surface area contributed by atoms with E-state index in [2.05, 4.69) is 5.48 Å². The molecular formula is C14H12N2O3. The molecule has 0 saturated heterocycles. The quantitative estimate of drug-likeness (QED) is 0.633. The average molecular weight is 256 g/mol. The van der Waals surface area contributed by atoms with Crippen LogP contribution >= 0.6 is 0 Å². The average Bonchev–Trinajstić information content (AvgIpc) is 2.45. The lowest BCUT2D eigenvalue weighted by Crippen LogP contribution is -2.27. The Hall–Kier alpha value is -2.82. The number of carbonyl (C=O) groups excluding carboxylic acids is 2. The monoisotopic (exact) mass is 256 g/mol. The van der Waals surface area contributed by atoms with Crippen LogP contribution < -0.4 is 11.2 Å². The first-order chi connectivity index (χ1) is 9.16. The highest BCUT2D eigenvalue weighted by Gasteiger charge is 2.10. The maximum Gasteiger partial charge on any atom is 0.362 e. The topological polar surface area (TPSA) is 81.4 Å². The third-order valence-electron chi connectivity index (χ3n) is 2.39. The van der Waals surface area contributed by atoms with E-state index in [1.54, 1.807) is 48.5 Å². The summed E-state index contributed by atoms with van der Waals surface area (Å²) >= 11 is 0. The Balaban J connectivity index is 1.96. The number of carbonyl (C=O) groups is 2. The molecule has 3 N–H and O–H groups in total. The van der Waals surface area contributed by atoms with Crippen LogP contribution in [0.15, 0.2) is 54.6 Å². The van der Waals surface area contributed by atoms with Crippen molar-refractivity contribution in [3.8, 4) is 0 Å². The van der Waals surface area contributed by atoms with Crippen LogP contribution in [0, 0.1) is 0 Å². The Morgan fingerprint density at radius 3 is 2.32 bits per heavy atom. The molecule has 96 valence electrons. The van der Waals surface area contributed by atoms with Gasteiger partial charge in [-0.25, -0.2) is 4.79 Å². The van der Waals surface area contributed by atoms with Gasteiger partial charge in [0.1, 0.15) is 0 Å². The van der Waals surface area contributed by atoms with Crippen molar-refractivity contribution in [3.63, 3.8) is 0 Å². The number of hydrogen-bond donors (Lipinski definition) is 2. The normalized spacial score (nSPS) is 9.68. The number of anilines is 1. The molecule has 5 nitrogen and oxygen atoms in total. The molecule has 0 unspecified atom stereocenters. The Kier molecular flexibility index (Phi) is 3.78. The highest BCUT2D eigenvalue weighted by atomic mass is 16.7. The first kappa shape index (κ1) is 12.6. The van der Waals surface area contributed by atoms with Crippen LogP contribution in [-0.4, -0.2) is 11.9 Å². The summed E-state index contributed by atoms with van der Waals surface area (Å²) in [6.07, 6.45) is 0. The zero-order valence-electron chi connectivity index (χ0n) is 10.00. The summed E-state index contributed by atoms with van der Waals surface area (Å²) in [4.78, 5) is 28.0. The third-order valence-corrected chi connectivity index (χ3v) is 2.39. The van der Waals surface area contributed by atoms with E-state index in [1.807, 2.05) is 0 Å². The smallest absolute Gasteiger partial charge is 0.362 e. The van der Waals surface area contributed by atoms with Gasteiger partial charge in [-0.05, 0) is 30.3 Å². The Bertz CT molecular complexity index is 597. The molecule has 0 heterocycles. The second-order valence-corrected chi connectivity index (χ2v) is 3.81. The van der Waals surface area contributed by atoms with Crippen LogP contribution in [0.3, 0.4) is 0 Å². The lowest BCUT2D eigenvalue weighted by molar-refractivity contribution is 0.0230. The molecule has 0 aliphatic heterocycles. The van der Waals surface area contributed by atoms with E-state index in [-0.39, 0.29) is 0 Å². The number of hydroxylamine groups is 1. The van der Waals surface area contributed by atoms with Gasteiger partial charge in [-0.15, -0.1) is 0 Å². The van der Waals surface area contributed by atoms with Gasteiger partial charge in [0.2, 0.25) is 0 Å². The fraction of sp³-hybridized carbons (Fsp3) is 0. The summed E-state index contributed by atoms with van der Waals surface area (Å²) in [5, 5.41) is 0. The second kappa shape index (κ2) is 5.68. The number of rotatable bonds is 2. The van der Waals surface area contributed by atoms with E-state index < -0.39 is 11.9 Å². The molecule has 19 heavy (non-hydrogen) atoms. The lowest BCUT2D eigenvalue weighted by Gasteiger charge is -2.06. The molecule has 2 aromatic rings. The van der Waals surface area contributed by atoms with Gasteiger partial charge in [0.15, 0.2) is 0 Å². The number of benzene rings is 2. The first-order valence-corrected chi connectivity index (χ1v) is 5.59. The highest BCUT2D eigenvalue weighted by molar-refractivity contribution is 5.96. The van der Waals surface area contributed by atoms with E-state index >= 15 is 0 Å². The second-order valence-electron chi connectivity index (χ2n) is 3.81. The molecule has 1 amide bonds. The molecule has 0 aliphatic carbocycles. The van der Waals surface area contributed by atoms with Crippen molar-refractivity contribution in [1.82, 2.24) is 5.48 Å². The molecule has 0 aliphatic rings. The van der Waals surface area contributed by atoms with Gasteiger partial charge in [0, 0.05) is 11.3 Å². The number of nitrogen functional groups attached to an aromatic ring is 1. The standard InChI is InChI=1S/C14H12N2O3/c15-12-8-4-7-11(9-12)13(17)16-19-14(18)10-5-2-1-3-6-10/h1-9H,15H2,(H,16,17). The van der Waals surface area contributed by atoms with Crippen molar-refractivity contribution in [1.29, 1.82) is 0 Å². The number of nitrogens with one attached hydrogen (secondary N) is 1. The molecule has 2 rings (SSSR count). The van der Waals surface area contributed by atoms with Gasteiger partial charge in [-0.3, -0.25) is 4.79 Å². The van der Waals surface area contributed by atoms with Gasteiger partial charge in [-0.2, -0.15) is 5.48 Å². The van der Waals surface area contributed by atoms with Crippen LogP contribution in [0.4, 0.5) is 5.69 Å². The SMILES string of the molecule is Nc1cccc(C(=O)NOC(=O)c2ccccc2)c1. The van der Waals surface area contributed by atoms with Gasteiger partial charge in [0.25, 0.3) is 5.91 Å². The Morgan fingerprint density at radius 1 is 0.947 bits per heavy atom. The maximum atomic E-state index is 11.7. The van der Waals surface area contributed by atoms with Crippen LogP contribution in [0.25, 0.3) is 0 Å². The fourth-order valence-corrected chi connectivity index (χ4v) is 1.46. The van der Waals surface area contributed by atoms with Crippen molar-refractivity contribution in [2.24, 2.45) is 0 Å². The predicted molar refractivity (Wildman–Crippen MR) is 70.2 cm³/mol. The molecule has 0 aromatic heterocycles. The summed E-state index contributed by atoms with van der Waals surface area (Å²) < 4.78 is 0. The summed E-state index contributed by atoms with van der Waals surface area (Å²) in [6, 6.07) is 14.7. The summed E-state index contributed by atoms with van der Waals surface area (Å²) in [7, 11) is 0. The lowest BCUT2D eigenvalue weighted by atomic mass is 10.2. The van der Waals surface area contributed by atoms with Crippen molar-refractivity contribution in [2.45, 2.75) is 0 Å². The fourth-order valence-electron chi connectivity index (χ4n) is 1.46. The highest BCUT2D eigenvalue weighted by Crippen LogP contribution is 2.06. The molecule has 0 spiro atoms. The Morgan fingerprint density at radius 2 is 1.63 bits per heavy atom. The van der Waals surface area contributed by atoms with Gasteiger partial charge in [-0.1, -0.05) is 24.3 Å². The first-order valence-electron chi connectivity index (χ1n) is 5.59. The number of hydrogen-bond acceptors (Lipinski definition) is 4. The van der Waals surface area contributed by atoms with Crippen molar-refractivity contribution >= 4 is 17.6 Å². The maximum absolute atomic E-state index is 11.7. The van der Waals surface area contributed by atoms with Crippen molar-refractivity contribution in [3.05, 3.63) is 65.7 Å². The molecule has 0 bridgehead atoms. The molecule has 2 aromatic carbocycles. The van der Waals surface area contributed by atoms with Crippen LogP contribution in [0.1, 0.15) is 20.7 Å². The summed E-state index contributed by atoms with van der Waals surface area (Å²) in [6.45, 7) is 0. The van der Waals surface area contributed by atoms with E-state index in [9.17, 15) is 9.59 Å². The molecule has 0 radical (unpaired) electrons. The van der Waals surface area contributed by atoms with E-state index in [4.69, 9.17) is 10.6 Å². The molecule has 5 heteroatoms. The van der Waals surface area contributed by atoms with Gasteiger partial charge in [0.05, 0.1) is 5.56 Å². The largest absolute Gasteiger partial charge is 0.399 e. The summed E-state index contributed by atoms with van der Waals surface area (Å²) in [5.74, 6) is -1.16. The molecule has 0 fully saturated rings. The van der Waals surface area contributed by atoms with Gasteiger partial charge >= 0.3 is 5.97 Å². The molecular weight excluding hydrogens is 244 g/mol. The number of amides is 1. The van der Waals surface area contributed by atoms with Crippen LogP contribution in [-0.2, 0) is 4.84 Å². The number of nitrogens with two attached hydrogens (primary N) is 1. The third kappa shape index (κ3) is 3.32. The molecule has 0 atom stereocenters. The predicted octanol–water partition coefficient (Wildman–Crippen LogP) is 1.77. The minimum absolute atomic E-state index is 0.320.